The Bertz CT molecular complexity index is 505. The van der Waals surface area contributed by atoms with Gasteiger partial charge in [0.1, 0.15) is 36.7 Å². The van der Waals surface area contributed by atoms with Gasteiger partial charge in [0.05, 0.1) is 6.26 Å². The van der Waals surface area contributed by atoms with Crippen molar-refractivity contribution in [2.75, 3.05) is 13.2 Å². The molecule has 1 aromatic rings. The summed E-state index contributed by atoms with van der Waals surface area (Å²) in [7, 11) is 0. The third-order valence-corrected chi connectivity index (χ3v) is 2.04. The molecule has 0 heterocycles. The Morgan fingerprint density at radius 2 is 1.94 bits per heavy atom. The van der Waals surface area contributed by atoms with Gasteiger partial charge >= 0.3 is 0 Å². The van der Waals surface area contributed by atoms with Crippen molar-refractivity contribution in [1.29, 1.82) is 10.5 Å². The molecule has 0 amide bonds. The van der Waals surface area contributed by atoms with Gasteiger partial charge in [0.15, 0.2) is 0 Å². The van der Waals surface area contributed by atoms with Crippen LogP contribution in [0, 0.1) is 22.7 Å². The zero-order valence-electron chi connectivity index (χ0n) is 9.80. The third-order valence-electron chi connectivity index (χ3n) is 2.04. The largest absolute Gasteiger partial charge is 0.498 e. The lowest BCUT2D eigenvalue weighted by Crippen LogP contribution is -2.04. The van der Waals surface area contributed by atoms with Crippen LogP contribution in [0.4, 0.5) is 0 Å². The summed E-state index contributed by atoms with van der Waals surface area (Å²) in [5.74, 6) is 0.605. The Kier molecular flexibility index (Phi) is 5.59. The van der Waals surface area contributed by atoms with E-state index in [0.29, 0.717) is 24.5 Å². The summed E-state index contributed by atoms with van der Waals surface area (Å²) in [6.45, 7) is 4.19. The fraction of sp³-hybridized carbons (Fsp3) is 0.143. The van der Waals surface area contributed by atoms with E-state index >= 15 is 0 Å². The number of rotatable bonds is 6. The first-order valence-electron chi connectivity index (χ1n) is 5.28. The molecule has 18 heavy (non-hydrogen) atoms. The average molecular weight is 240 g/mol. The molecule has 0 aliphatic carbocycles. The number of benzene rings is 1. The van der Waals surface area contributed by atoms with E-state index in [0.717, 1.165) is 0 Å². The highest BCUT2D eigenvalue weighted by Crippen LogP contribution is 2.20. The van der Waals surface area contributed by atoms with Crippen LogP contribution in [0.3, 0.4) is 0 Å². The fourth-order valence-corrected chi connectivity index (χ4v) is 1.26. The Morgan fingerprint density at radius 3 is 2.61 bits per heavy atom. The molecule has 0 aliphatic heterocycles. The zero-order valence-corrected chi connectivity index (χ0v) is 9.80. The van der Waals surface area contributed by atoms with Gasteiger partial charge in [-0.1, -0.05) is 24.8 Å². The normalized spacial score (nSPS) is 8.56. The topological polar surface area (TPSA) is 66.0 Å². The lowest BCUT2D eigenvalue weighted by atomic mass is 10.1. The fourth-order valence-electron chi connectivity index (χ4n) is 1.26. The minimum absolute atomic E-state index is 0.0355. The van der Waals surface area contributed by atoms with Crippen molar-refractivity contribution in [3.63, 3.8) is 0 Å². The minimum atomic E-state index is 0.0355. The molecule has 0 N–H and O–H groups in total. The van der Waals surface area contributed by atoms with Crippen LogP contribution >= 0.6 is 0 Å². The summed E-state index contributed by atoms with van der Waals surface area (Å²) >= 11 is 0. The maximum Gasteiger partial charge on any atom is 0.130 e. The van der Waals surface area contributed by atoms with E-state index < -0.39 is 0 Å². The Morgan fingerprint density at radius 1 is 1.22 bits per heavy atom. The number of hydrogen-bond acceptors (Lipinski definition) is 4. The van der Waals surface area contributed by atoms with Crippen LogP contribution in [0.1, 0.15) is 5.56 Å². The molecule has 0 spiro atoms. The highest BCUT2D eigenvalue weighted by molar-refractivity contribution is 5.66. The monoisotopic (exact) mass is 240 g/mol. The van der Waals surface area contributed by atoms with Crippen molar-refractivity contribution in [3.8, 4) is 17.9 Å². The summed E-state index contributed by atoms with van der Waals surface area (Å²) in [4.78, 5) is 0. The summed E-state index contributed by atoms with van der Waals surface area (Å²) in [6.07, 6.45) is 2.84. The quantitative estimate of drug-likeness (QED) is 0.435. The first kappa shape index (κ1) is 13.3. The van der Waals surface area contributed by atoms with E-state index in [-0.39, 0.29) is 5.57 Å². The molecule has 0 radical (unpaired) electrons. The van der Waals surface area contributed by atoms with Gasteiger partial charge in [-0.15, -0.1) is 0 Å². The molecular formula is C14H12N2O2. The van der Waals surface area contributed by atoms with Crippen LogP contribution in [0.5, 0.6) is 5.75 Å². The predicted molar refractivity (Wildman–Crippen MR) is 67.3 cm³/mol. The van der Waals surface area contributed by atoms with E-state index in [1.54, 1.807) is 12.1 Å². The van der Waals surface area contributed by atoms with Crippen LogP contribution in [0.2, 0.25) is 0 Å². The number of nitriles is 2. The maximum atomic E-state index is 8.71. The van der Waals surface area contributed by atoms with Gasteiger partial charge in [0.25, 0.3) is 0 Å². The smallest absolute Gasteiger partial charge is 0.130 e. The van der Waals surface area contributed by atoms with Gasteiger partial charge in [-0.25, -0.2) is 0 Å². The second-order valence-corrected chi connectivity index (χ2v) is 3.21. The molecule has 0 fully saturated rings. The van der Waals surface area contributed by atoms with Crippen LogP contribution in [-0.4, -0.2) is 13.2 Å². The molecule has 1 rings (SSSR count). The van der Waals surface area contributed by atoms with Crippen molar-refractivity contribution in [3.05, 3.63) is 48.2 Å². The molecule has 90 valence electrons. The van der Waals surface area contributed by atoms with Gasteiger partial charge in [0.2, 0.25) is 0 Å². The summed E-state index contributed by atoms with van der Waals surface area (Å²) in [5, 5.41) is 17.4. The molecule has 1 aromatic carbocycles. The standard InChI is InChI=1S/C14H12N2O2/c1-2-17-7-8-18-14-6-4-3-5-13(14)9-12(10-15)11-16/h2-6,9H,1,7-8H2. The third kappa shape index (κ3) is 4.03. The molecule has 4 heteroatoms. The lowest BCUT2D eigenvalue weighted by Gasteiger charge is -2.08. The highest BCUT2D eigenvalue weighted by Gasteiger charge is 2.02. The van der Waals surface area contributed by atoms with Crippen molar-refractivity contribution in [2.24, 2.45) is 0 Å². The Labute approximate surface area is 106 Å². The van der Waals surface area contributed by atoms with E-state index in [2.05, 4.69) is 6.58 Å². The van der Waals surface area contributed by atoms with Crippen molar-refractivity contribution in [2.45, 2.75) is 0 Å². The van der Waals surface area contributed by atoms with Gasteiger partial charge in [-0.3, -0.25) is 0 Å². The molecule has 0 saturated carbocycles. The molecule has 0 aliphatic rings. The van der Waals surface area contributed by atoms with E-state index in [1.807, 2.05) is 24.3 Å². The van der Waals surface area contributed by atoms with Crippen molar-refractivity contribution in [1.82, 2.24) is 0 Å². The number of para-hydroxylation sites is 1. The van der Waals surface area contributed by atoms with Crippen LogP contribution in [-0.2, 0) is 4.74 Å². The molecule has 0 bridgehead atoms. The predicted octanol–water partition coefficient (Wildman–Crippen LogP) is 2.66. The Balaban J connectivity index is 2.81. The average Bonchev–Trinajstić information content (AvgIpc) is 2.42. The number of allylic oxidation sites excluding steroid dienone is 1. The SMILES string of the molecule is C=COCCOc1ccccc1C=C(C#N)C#N. The van der Waals surface area contributed by atoms with Gasteiger partial charge in [0, 0.05) is 5.56 Å². The highest BCUT2D eigenvalue weighted by atomic mass is 16.5. The first-order chi connectivity index (χ1) is 8.81. The molecule has 0 saturated heterocycles. The molecule has 0 atom stereocenters. The zero-order chi connectivity index (χ0) is 13.2. The van der Waals surface area contributed by atoms with Gasteiger partial charge < -0.3 is 9.47 Å². The van der Waals surface area contributed by atoms with Crippen molar-refractivity contribution < 1.29 is 9.47 Å². The first-order valence-corrected chi connectivity index (χ1v) is 5.28. The minimum Gasteiger partial charge on any atom is -0.498 e. The Hall–Kier alpha value is -2.72. The van der Waals surface area contributed by atoms with Gasteiger partial charge in [-0.05, 0) is 12.1 Å². The van der Waals surface area contributed by atoms with Gasteiger partial charge in [-0.2, -0.15) is 10.5 Å². The van der Waals surface area contributed by atoms with Crippen LogP contribution < -0.4 is 4.74 Å². The number of nitrogens with zero attached hydrogens (tertiary/aromatic N) is 2. The van der Waals surface area contributed by atoms with Crippen molar-refractivity contribution >= 4 is 6.08 Å². The molecule has 0 aromatic heterocycles. The van der Waals surface area contributed by atoms with E-state index in [1.165, 1.54) is 12.3 Å². The second kappa shape index (κ2) is 7.54. The number of ether oxygens (including phenoxy) is 2. The second-order valence-electron chi connectivity index (χ2n) is 3.21. The van der Waals surface area contributed by atoms with Crippen LogP contribution in [0.25, 0.3) is 6.08 Å². The number of hydrogen-bond donors (Lipinski definition) is 0. The van der Waals surface area contributed by atoms with E-state index in [4.69, 9.17) is 20.0 Å². The molecule has 4 nitrogen and oxygen atoms in total. The summed E-state index contributed by atoms with van der Waals surface area (Å²) < 4.78 is 10.4. The lowest BCUT2D eigenvalue weighted by molar-refractivity contribution is 0.179. The molecular weight excluding hydrogens is 228 g/mol. The maximum absolute atomic E-state index is 8.71. The van der Waals surface area contributed by atoms with Crippen LogP contribution in [0.15, 0.2) is 42.7 Å². The van der Waals surface area contributed by atoms with E-state index in [9.17, 15) is 0 Å². The summed E-state index contributed by atoms with van der Waals surface area (Å²) in [6, 6.07) is 10.8. The summed E-state index contributed by atoms with van der Waals surface area (Å²) in [5.41, 5.74) is 0.725. The molecule has 0 unspecified atom stereocenters.